The topological polar surface area (TPSA) is 128 Å². The van der Waals surface area contributed by atoms with Crippen LogP contribution in [0, 0.1) is 21.4 Å². The van der Waals surface area contributed by atoms with E-state index >= 15 is 0 Å². The van der Waals surface area contributed by atoms with E-state index in [1.54, 1.807) is 30.3 Å². The van der Waals surface area contributed by atoms with Crippen molar-refractivity contribution in [3.05, 3.63) is 117 Å². The largest absolute Gasteiger partial charge is 0.440 e. The molecule has 0 aromatic heterocycles. The number of esters is 1. The molecule has 3 aromatic rings. The molecule has 8 nitrogen and oxygen atoms in total. The van der Waals surface area contributed by atoms with Crippen LogP contribution in [-0.4, -0.2) is 10.9 Å². The van der Waals surface area contributed by atoms with Crippen molar-refractivity contribution < 1.29 is 19.2 Å². The van der Waals surface area contributed by atoms with Gasteiger partial charge in [-0.05, 0) is 34.2 Å². The first-order chi connectivity index (χ1) is 17.6. The van der Waals surface area contributed by atoms with Crippen molar-refractivity contribution in [2.24, 2.45) is 5.73 Å². The number of nitriles is 1. The number of rotatable bonds is 5. The zero-order chi connectivity index (χ0) is 26.7. The molecule has 1 atom stereocenters. The van der Waals surface area contributed by atoms with E-state index in [1.165, 1.54) is 29.8 Å². The second-order valence-corrected chi connectivity index (χ2v) is 9.60. The highest BCUT2D eigenvalue weighted by atomic mass is 16.6. The number of carbonyl (C=O) groups is 1. The lowest BCUT2D eigenvalue weighted by Gasteiger charge is -2.26. The molecule has 1 aliphatic heterocycles. The van der Waals surface area contributed by atoms with Gasteiger partial charge >= 0.3 is 5.97 Å². The van der Waals surface area contributed by atoms with Crippen LogP contribution in [0.2, 0.25) is 0 Å². The molecule has 186 valence electrons. The minimum absolute atomic E-state index is 0.0414. The number of nitrogens with two attached hydrogens (primary N) is 1. The Labute approximate surface area is 214 Å². The lowest BCUT2D eigenvalue weighted by atomic mass is 9.83. The van der Waals surface area contributed by atoms with Gasteiger partial charge in [-0.15, -0.1) is 0 Å². The first-order valence-electron chi connectivity index (χ1n) is 11.5. The summed E-state index contributed by atoms with van der Waals surface area (Å²) in [6.45, 7) is 6.41. The molecule has 0 amide bonds. The summed E-state index contributed by atoms with van der Waals surface area (Å²) in [6, 6.07) is 20.7. The van der Waals surface area contributed by atoms with E-state index < -0.39 is 16.8 Å². The van der Waals surface area contributed by atoms with Crippen molar-refractivity contribution in [3.8, 4) is 17.6 Å². The molecular formula is C29H25N3O5. The average molecular weight is 496 g/mol. The molecule has 4 rings (SSSR count). The molecule has 1 unspecified atom stereocenters. The van der Waals surface area contributed by atoms with E-state index in [0.29, 0.717) is 16.9 Å². The number of ether oxygens (including phenoxy) is 2. The Bertz CT molecular complexity index is 1460. The summed E-state index contributed by atoms with van der Waals surface area (Å²) in [5.41, 5.74) is 9.50. The minimum atomic E-state index is -0.588. The molecule has 37 heavy (non-hydrogen) atoms. The van der Waals surface area contributed by atoms with Gasteiger partial charge in [0, 0.05) is 29.8 Å². The Hall–Kier alpha value is -4.90. The quantitative estimate of drug-likeness (QED) is 0.157. The molecule has 0 fully saturated rings. The zero-order valence-electron chi connectivity index (χ0n) is 20.6. The number of nitrogens with zero attached hydrogens (tertiary/aromatic N) is 2. The van der Waals surface area contributed by atoms with Gasteiger partial charge in [0.2, 0.25) is 5.88 Å². The first-order valence-corrected chi connectivity index (χ1v) is 11.5. The van der Waals surface area contributed by atoms with Crippen LogP contribution >= 0.6 is 0 Å². The van der Waals surface area contributed by atoms with Gasteiger partial charge in [-0.1, -0.05) is 63.2 Å². The molecule has 0 spiro atoms. The predicted octanol–water partition coefficient (Wildman–Crippen LogP) is 5.73. The number of fused-ring (bicyclic) bond motifs is 1. The monoisotopic (exact) mass is 495 g/mol. The molecule has 0 radical (unpaired) electrons. The summed E-state index contributed by atoms with van der Waals surface area (Å²) < 4.78 is 11.1. The van der Waals surface area contributed by atoms with Crippen molar-refractivity contribution in [1.82, 2.24) is 0 Å². The smallest absolute Gasteiger partial charge is 0.336 e. The third kappa shape index (κ3) is 5.52. The number of carbonyl (C=O) groups excluding carboxylic acids is 1. The van der Waals surface area contributed by atoms with Gasteiger partial charge in [0.15, 0.2) is 0 Å². The van der Waals surface area contributed by atoms with Crippen molar-refractivity contribution in [2.45, 2.75) is 32.1 Å². The molecule has 3 aromatic carbocycles. The van der Waals surface area contributed by atoms with Gasteiger partial charge in [-0.3, -0.25) is 10.1 Å². The fraction of sp³-hybridized carbons (Fsp3) is 0.172. The fourth-order valence-corrected chi connectivity index (χ4v) is 4.04. The van der Waals surface area contributed by atoms with Crippen LogP contribution in [0.3, 0.4) is 0 Å². The molecule has 2 N–H and O–H groups in total. The zero-order valence-corrected chi connectivity index (χ0v) is 20.6. The second kappa shape index (κ2) is 9.99. The highest BCUT2D eigenvalue weighted by molar-refractivity contribution is 5.88. The molecule has 1 heterocycles. The van der Waals surface area contributed by atoms with Crippen LogP contribution < -0.4 is 15.2 Å². The van der Waals surface area contributed by atoms with Gasteiger partial charge in [-0.2, -0.15) is 5.26 Å². The summed E-state index contributed by atoms with van der Waals surface area (Å²) in [6.07, 6.45) is 3.02. The molecule has 0 saturated heterocycles. The van der Waals surface area contributed by atoms with E-state index in [2.05, 4.69) is 26.8 Å². The lowest BCUT2D eigenvalue weighted by Crippen LogP contribution is -2.21. The number of non-ortho nitro benzene ring substituents is 1. The third-order valence-corrected chi connectivity index (χ3v) is 6.03. The van der Waals surface area contributed by atoms with Crippen LogP contribution in [0.5, 0.6) is 11.5 Å². The second-order valence-electron chi connectivity index (χ2n) is 9.60. The Morgan fingerprint density at radius 1 is 1.11 bits per heavy atom. The van der Waals surface area contributed by atoms with Crippen LogP contribution in [0.1, 0.15) is 48.9 Å². The van der Waals surface area contributed by atoms with E-state index in [-0.39, 0.29) is 28.3 Å². The highest BCUT2D eigenvalue weighted by Gasteiger charge is 2.31. The van der Waals surface area contributed by atoms with E-state index in [4.69, 9.17) is 15.2 Å². The summed E-state index contributed by atoms with van der Waals surface area (Å²) in [5, 5.41) is 20.7. The van der Waals surface area contributed by atoms with E-state index in [9.17, 15) is 20.2 Å². The summed E-state index contributed by atoms with van der Waals surface area (Å²) in [5.74, 6) is -0.668. The van der Waals surface area contributed by atoms with Crippen molar-refractivity contribution in [2.75, 3.05) is 0 Å². The highest BCUT2D eigenvalue weighted by Crippen LogP contribution is 2.43. The Morgan fingerprint density at radius 3 is 2.38 bits per heavy atom. The van der Waals surface area contributed by atoms with Gasteiger partial charge in [0.25, 0.3) is 5.69 Å². The minimum Gasteiger partial charge on any atom is -0.440 e. The van der Waals surface area contributed by atoms with Crippen LogP contribution in [0.25, 0.3) is 6.08 Å². The summed E-state index contributed by atoms with van der Waals surface area (Å²) >= 11 is 0. The van der Waals surface area contributed by atoms with Crippen LogP contribution in [0.4, 0.5) is 5.69 Å². The molecule has 0 aliphatic carbocycles. The molecule has 0 saturated carbocycles. The average Bonchev–Trinajstić information content (AvgIpc) is 2.86. The number of nitro benzene ring substituents is 1. The molecule has 8 heteroatoms. The predicted molar refractivity (Wildman–Crippen MR) is 139 cm³/mol. The van der Waals surface area contributed by atoms with E-state index in [1.807, 2.05) is 24.3 Å². The lowest BCUT2D eigenvalue weighted by molar-refractivity contribution is -0.384. The molecule has 0 bridgehead atoms. The number of benzene rings is 3. The summed E-state index contributed by atoms with van der Waals surface area (Å²) in [4.78, 5) is 23.0. The van der Waals surface area contributed by atoms with Crippen LogP contribution in [0.15, 0.2) is 84.3 Å². The number of nitro groups is 1. The van der Waals surface area contributed by atoms with Crippen molar-refractivity contribution >= 4 is 17.7 Å². The van der Waals surface area contributed by atoms with Gasteiger partial charge in [0.1, 0.15) is 23.1 Å². The first kappa shape index (κ1) is 25.2. The molecular weight excluding hydrogens is 470 g/mol. The van der Waals surface area contributed by atoms with Gasteiger partial charge in [0.05, 0.1) is 10.8 Å². The normalized spacial score (nSPS) is 15.0. The SMILES string of the molecule is CC(C)(C)c1ccc(/C=C/C(=O)Oc2ccc3c(c2)OC(N)=C(C#N)C3c2ccc([N+](=O)[O-])cc2)cc1. The van der Waals surface area contributed by atoms with Gasteiger partial charge < -0.3 is 15.2 Å². The standard InChI is InChI=1S/C29H25N3O5/c1-29(2,3)20-9-4-18(5-10-20)6-15-26(33)36-22-13-14-23-25(16-22)37-28(31)24(17-30)27(23)19-7-11-21(12-8-19)32(34)35/h4-16,27H,31H2,1-3H3/b15-6+. The van der Waals surface area contributed by atoms with Gasteiger partial charge in [-0.25, -0.2) is 4.79 Å². The maximum Gasteiger partial charge on any atom is 0.336 e. The Balaban J connectivity index is 1.54. The maximum absolute atomic E-state index is 12.4. The third-order valence-electron chi connectivity index (χ3n) is 6.03. The Morgan fingerprint density at radius 2 is 1.78 bits per heavy atom. The summed E-state index contributed by atoms with van der Waals surface area (Å²) in [7, 11) is 0. The van der Waals surface area contributed by atoms with Crippen molar-refractivity contribution in [3.63, 3.8) is 0 Å². The molecule has 1 aliphatic rings. The Kier molecular flexibility index (Phi) is 6.81. The number of allylic oxidation sites excluding steroid dienone is 1. The van der Waals surface area contributed by atoms with E-state index in [0.717, 1.165) is 5.56 Å². The fourth-order valence-electron chi connectivity index (χ4n) is 4.04. The van der Waals surface area contributed by atoms with Crippen LogP contribution in [-0.2, 0) is 10.2 Å². The maximum atomic E-state index is 12.4. The van der Waals surface area contributed by atoms with Crippen molar-refractivity contribution in [1.29, 1.82) is 5.26 Å². The number of hydrogen-bond donors (Lipinski definition) is 1. The number of hydrogen-bond acceptors (Lipinski definition) is 7.